The smallest absolute Gasteiger partial charge is 0.225 e. The molecule has 0 saturated carbocycles. The van der Waals surface area contributed by atoms with E-state index in [2.05, 4.69) is 6.07 Å². The van der Waals surface area contributed by atoms with Gasteiger partial charge < -0.3 is 14.4 Å². The van der Waals surface area contributed by atoms with Crippen molar-refractivity contribution in [2.24, 2.45) is 5.92 Å². The minimum atomic E-state index is -2.95. The van der Waals surface area contributed by atoms with Crippen LogP contribution in [0.2, 0.25) is 0 Å². The number of nitrogens with zero attached hydrogens (tertiary/aromatic N) is 1. The van der Waals surface area contributed by atoms with Gasteiger partial charge in [0, 0.05) is 24.6 Å². The van der Waals surface area contributed by atoms with Crippen molar-refractivity contribution in [1.82, 2.24) is 4.90 Å². The van der Waals surface area contributed by atoms with Gasteiger partial charge in [0.15, 0.2) is 0 Å². The zero-order valence-corrected chi connectivity index (χ0v) is 16.6. The summed E-state index contributed by atoms with van der Waals surface area (Å²) in [6.45, 7) is 1.97. The fourth-order valence-electron chi connectivity index (χ4n) is 4.78. The zero-order valence-electron chi connectivity index (χ0n) is 15.8. The molecule has 0 radical (unpaired) electrons. The molecular weight excluding hydrogens is 366 g/mol. The first-order valence-corrected chi connectivity index (χ1v) is 11.6. The Morgan fingerprint density at radius 1 is 1.22 bits per heavy atom. The fraction of sp³-hybridized carbons (Fsp3) is 0.650. The first-order valence-electron chi connectivity index (χ1n) is 9.74. The molecule has 1 aromatic rings. The van der Waals surface area contributed by atoms with Gasteiger partial charge in [0.25, 0.3) is 0 Å². The molecule has 0 aliphatic carbocycles. The van der Waals surface area contributed by atoms with Crippen molar-refractivity contribution in [1.29, 1.82) is 0 Å². The van der Waals surface area contributed by atoms with Gasteiger partial charge >= 0.3 is 0 Å². The highest BCUT2D eigenvalue weighted by Gasteiger charge is 2.44. The Morgan fingerprint density at radius 2 is 1.93 bits per heavy atom. The molecule has 27 heavy (non-hydrogen) atoms. The van der Waals surface area contributed by atoms with Gasteiger partial charge in [0.05, 0.1) is 25.2 Å². The van der Waals surface area contributed by atoms with E-state index in [9.17, 15) is 13.2 Å². The van der Waals surface area contributed by atoms with Gasteiger partial charge in [0.1, 0.15) is 21.2 Å². The van der Waals surface area contributed by atoms with Crippen LogP contribution in [0, 0.1) is 5.92 Å². The quantitative estimate of drug-likeness (QED) is 0.767. The Bertz CT molecular complexity index is 799. The number of benzene rings is 1. The second-order valence-corrected chi connectivity index (χ2v) is 10.1. The summed E-state index contributed by atoms with van der Waals surface area (Å²) in [6, 6.07) is 6.14. The maximum Gasteiger partial charge on any atom is 0.225 e. The predicted molar refractivity (Wildman–Crippen MR) is 102 cm³/mol. The molecule has 6 nitrogen and oxygen atoms in total. The third-order valence-corrected chi connectivity index (χ3v) is 8.04. The van der Waals surface area contributed by atoms with Crippen LogP contribution in [0.5, 0.6) is 5.75 Å². The Morgan fingerprint density at radius 3 is 2.59 bits per heavy atom. The highest BCUT2D eigenvalue weighted by molar-refractivity contribution is 7.91. The number of methoxy groups -OCH3 is 1. The molecule has 1 aromatic carbocycles. The summed E-state index contributed by atoms with van der Waals surface area (Å²) in [5, 5.41) is 0. The number of sulfone groups is 1. The molecule has 7 heteroatoms. The van der Waals surface area contributed by atoms with Crippen molar-refractivity contribution in [3.8, 4) is 5.75 Å². The number of hydrogen-bond donors (Lipinski definition) is 0. The van der Waals surface area contributed by atoms with Crippen molar-refractivity contribution < 1.29 is 22.7 Å². The van der Waals surface area contributed by atoms with Crippen LogP contribution in [0.25, 0.3) is 0 Å². The summed E-state index contributed by atoms with van der Waals surface area (Å²) >= 11 is 0. The van der Waals surface area contributed by atoms with Gasteiger partial charge in [-0.1, -0.05) is 12.1 Å². The number of ether oxygens (including phenoxy) is 2. The first-order chi connectivity index (χ1) is 12.9. The number of carbonyl (C=O) groups is 1. The molecule has 3 heterocycles. The molecule has 0 bridgehead atoms. The molecule has 0 N–H and O–H groups in total. The monoisotopic (exact) mass is 393 g/mol. The third-order valence-electron chi connectivity index (χ3n) is 6.32. The third kappa shape index (κ3) is 3.47. The highest BCUT2D eigenvalue weighted by Crippen LogP contribution is 2.46. The second kappa shape index (κ2) is 7.09. The van der Waals surface area contributed by atoms with Crippen LogP contribution in [0.3, 0.4) is 0 Å². The van der Waals surface area contributed by atoms with Gasteiger partial charge in [-0.3, -0.25) is 4.79 Å². The minimum absolute atomic E-state index is 0.107. The van der Waals surface area contributed by atoms with Crippen LogP contribution in [0.15, 0.2) is 18.2 Å². The summed E-state index contributed by atoms with van der Waals surface area (Å²) in [4.78, 5) is 14.8. The number of rotatable bonds is 2. The van der Waals surface area contributed by atoms with Gasteiger partial charge in [-0.2, -0.15) is 0 Å². The summed E-state index contributed by atoms with van der Waals surface area (Å²) in [5.74, 6) is 1.08. The van der Waals surface area contributed by atoms with Crippen LogP contribution < -0.4 is 4.74 Å². The highest BCUT2D eigenvalue weighted by atomic mass is 32.2. The van der Waals surface area contributed by atoms with Gasteiger partial charge in [-0.25, -0.2) is 8.42 Å². The Balaban J connectivity index is 1.48. The van der Waals surface area contributed by atoms with E-state index >= 15 is 0 Å². The van der Waals surface area contributed by atoms with Crippen LogP contribution in [-0.4, -0.2) is 57.5 Å². The summed E-state index contributed by atoms with van der Waals surface area (Å²) in [6.07, 6.45) is 3.29. The normalized spacial score (nSPS) is 24.4. The van der Waals surface area contributed by atoms with Crippen molar-refractivity contribution >= 4 is 15.7 Å². The lowest BCUT2D eigenvalue weighted by Crippen LogP contribution is -2.50. The molecule has 0 aromatic heterocycles. The van der Waals surface area contributed by atoms with E-state index < -0.39 is 9.84 Å². The minimum Gasteiger partial charge on any atom is -0.496 e. The van der Waals surface area contributed by atoms with Gasteiger partial charge in [-0.05, 0) is 43.7 Å². The second-order valence-electron chi connectivity index (χ2n) is 7.84. The molecule has 4 rings (SSSR count). The van der Waals surface area contributed by atoms with E-state index in [1.54, 1.807) is 7.11 Å². The molecule has 1 spiro atoms. The molecular formula is C20H27NO5S. The van der Waals surface area contributed by atoms with Crippen molar-refractivity contribution in [2.75, 3.05) is 38.3 Å². The van der Waals surface area contributed by atoms with E-state index in [1.807, 2.05) is 17.0 Å². The van der Waals surface area contributed by atoms with E-state index in [1.165, 1.54) is 5.56 Å². The molecule has 2 saturated heterocycles. The summed E-state index contributed by atoms with van der Waals surface area (Å²) < 4.78 is 35.1. The molecule has 3 aliphatic rings. The number of fused-ring (bicyclic) bond motifs is 2. The number of amides is 1. The molecule has 0 unspecified atom stereocenters. The topological polar surface area (TPSA) is 72.9 Å². The summed E-state index contributed by atoms with van der Waals surface area (Å²) in [5.41, 5.74) is 2.04. The molecule has 1 amide bonds. The number of carbonyl (C=O) groups excluding carboxylic acids is 1. The number of likely N-dealkylation sites (tertiary alicyclic amines) is 1. The average Bonchev–Trinajstić information content (AvgIpc) is 2.68. The molecule has 148 valence electrons. The SMILES string of the molecule is COc1cccc2c1C1(CCN(C(=O)C3CCS(=O)(=O)CC3)CC1)OCC2. The lowest BCUT2D eigenvalue weighted by atomic mass is 9.78. The van der Waals surface area contributed by atoms with Crippen LogP contribution in [-0.2, 0) is 31.4 Å². The average molecular weight is 394 g/mol. The maximum atomic E-state index is 12.9. The largest absolute Gasteiger partial charge is 0.496 e. The lowest BCUT2D eigenvalue weighted by molar-refractivity contribution is -0.145. The van der Waals surface area contributed by atoms with E-state index in [0.29, 0.717) is 32.5 Å². The van der Waals surface area contributed by atoms with Crippen LogP contribution >= 0.6 is 0 Å². The van der Waals surface area contributed by atoms with E-state index in [-0.39, 0.29) is 28.9 Å². The maximum absolute atomic E-state index is 12.9. The van der Waals surface area contributed by atoms with E-state index in [4.69, 9.17) is 9.47 Å². The van der Waals surface area contributed by atoms with Gasteiger partial charge in [0.2, 0.25) is 5.91 Å². The molecule has 3 aliphatic heterocycles. The predicted octanol–water partition coefficient (Wildman–Crippen LogP) is 1.91. The number of hydrogen-bond acceptors (Lipinski definition) is 5. The standard InChI is InChI=1S/C20H27NO5S/c1-25-17-4-2-3-15-5-12-26-20(18(15)17)8-10-21(11-9-20)19(22)16-6-13-27(23,24)14-7-16/h2-4,16H,5-14H2,1H3. The fourth-order valence-corrected chi connectivity index (χ4v) is 6.27. The van der Waals surface area contributed by atoms with E-state index in [0.717, 1.165) is 30.6 Å². The Kier molecular flexibility index (Phi) is 4.93. The number of piperidine rings is 1. The van der Waals surface area contributed by atoms with Crippen molar-refractivity contribution in [3.63, 3.8) is 0 Å². The van der Waals surface area contributed by atoms with Crippen molar-refractivity contribution in [3.05, 3.63) is 29.3 Å². The molecule has 2 fully saturated rings. The van der Waals surface area contributed by atoms with Crippen LogP contribution in [0.4, 0.5) is 0 Å². The lowest BCUT2D eigenvalue weighted by Gasteiger charge is -2.46. The first kappa shape index (κ1) is 18.7. The van der Waals surface area contributed by atoms with Crippen LogP contribution in [0.1, 0.15) is 36.8 Å². The van der Waals surface area contributed by atoms with Gasteiger partial charge in [-0.15, -0.1) is 0 Å². The Labute approximate surface area is 160 Å². The molecule has 0 atom stereocenters. The Hall–Kier alpha value is -1.60. The van der Waals surface area contributed by atoms with Crippen molar-refractivity contribution in [2.45, 2.75) is 37.7 Å². The zero-order chi connectivity index (χ0) is 19.1. The summed E-state index contributed by atoms with van der Waals surface area (Å²) in [7, 11) is -1.26.